The van der Waals surface area contributed by atoms with E-state index in [0.717, 1.165) is 0 Å². The molecule has 0 unspecified atom stereocenters. The van der Waals surface area contributed by atoms with E-state index in [4.69, 9.17) is 16.3 Å². The van der Waals surface area contributed by atoms with Gasteiger partial charge in [0, 0.05) is 10.0 Å². The zero-order valence-electron chi connectivity index (χ0n) is 10.5. The lowest BCUT2D eigenvalue weighted by Crippen LogP contribution is -2.04. The minimum atomic E-state index is -0.498. The van der Waals surface area contributed by atoms with Crippen molar-refractivity contribution in [3.8, 4) is 17.2 Å². The van der Waals surface area contributed by atoms with Gasteiger partial charge < -0.3 is 4.74 Å². The maximum absolute atomic E-state index is 11.9. The van der Waals surface area contributed by atoms with Gasteiger partial charge in [-0.15, -0.1) is 0 Å². The highest BCUT2D eigenvalue weighted by Crippen LogP contribution is 2.34. The van der Waals surface area contributed by atoms with E-state index in [1.807, 2.05) is 0 Å². The second-order valence-corrected chi connectivity index (χ2v) is 5.22. The molecule has 0 amide bonds. The summed E-state index contributed by atoms with van der Waals surface area (Å²) in [6.07, 6.45) is 0. The first kappa shape index (κ1) is 14.6. The molecule has 2 aromatic rings. The van der Waals surface area contributed by atoms with Gasteiger partial charge in [0.2, 0.25) is 0 Å². The lowest BCUT2D eigenvalue weighted by molar-refractivity contribution is 0.0601. The number of benzene rings is 2. The van der Waals surface area contributed by atoms with E-state index in [1.165, 1.54) is 13.2 Å². The van der Waals surface area contributed by atoms with Crippen LogP contribution in [-0.4, -0.2) is 13.1 Å². The summed E-state index contributed by atoms with van der Waals surface area (Å²) in [7, 11) is 1.30. The highest BCUT2D eigenvalue weighted by Gasteiger charge is 2.18. The third kappa shape index (κ3) is 2.69. The molecule has 20 heavy (non-hydrogen) atoms. The molecule has 0 saturated carbocycles. The Morgan fingerprint density at radius 3 is 2.65 bits per heavy atom. The monoisotopic (exact) mass is 349 g/mol. The topological polar surface area (TPSA) is 50.1 Å². The van der Waals surface area contributed by atoms with Crippen LogP contribution in [0.2, 0.25) is 5.02 Å². The van der Waals surface area contributed by atoms with Crippen LogP contribution < -0.4 is 0 Å². The molecule has 0 heterocycles. The van der Waals surface area contributed by atoms with Crippen LogP contribution in [0, 0.1) is 11.3 Å². The minimum Gasteiger partial charge on any atom is -0.465 e. The van der Waals surface area contributed by atoms with Gasteiger partial charge >= 0.3 is 5.97 Å². The van der Waals surface area contributed by atoms with Gasteiger partial charge in [-0.2, -0.15) is 5.26 Å². The number of nitrogens with zero attached hydrogens (tertiary/aromatic N) is 1. The molecule has 2 aromatic carbocycles. The molecular formula is C15H9BrClNO2. The van der Waals surface area contributed by atoms with Crippen molar-refractivity contribution in [3.63, 3.8) is 0 Å². The van der Waals surface area contributed by atoms with Crippen LogP contribution in [0.15, 0.2) is 40.9 Å². The van der Waals surface area contributed by atoms with E-state index in [0.29, 0.717) is 31.7 Å². The number of methoxy groups -OCH3 is 1. The number of esters is 1. The summed E-state index contributed by atoms with van der Waals surface area (Å²) in [4.78, 5) is 11.9. The molecule has 0 N–H and O–H groups in total. The van der Waals surface area contributed by atoms with Crippen molar-refractivity contribution in [1.82, 2.24) is 0 Å². The number of nitriles is 1. The molecule has 0 aliphatic heterocycles. The predicted molar refractivity (Wildman–Crippen MR) is 80.6 cm³/mol. The van der Waals surface area contributed by atoms with Crippen LogP contribution in [0.1, 0.15) is 15.9 Å². The van der Waals surface area contributed by atoms with Crippen molar-refractivity contribution in [2.75, 3.05) is 7.11 Å². The third-order valence-corrected chi connectivity index (χ3v) is 4.00. The SMILES string of the molecule is COC(=O)c1cc(Cl)c(Br)cc1-c1ccccc1C#N. The maximum Gasteiger partial charge on any atom is 0.338 e. The van der Waals surface area contributed by atoms with Crippen molar-refractivity contribution in [1.29, 1.82) is 5.26 Å². The zero-order chi connectivity index (χ0) is 14.7. The summed E-state index contributed by atoms with van der Waals surface area (Å²) in [5, 5.41) is 9.59. The number of carbonyl (C=O) groups excluding carboxylic acids is 1. The number of hydrogen-bond acceptors (Lipinski definition) is 3. The Bertz CT molecular complexity index is 722. The number of ether oxygens (including phenoxy) is 1. The number of carbonyl (C=O) groups is 1. The Labute approximate surface area is 129 Å². The Balaban J connectivity index is 2.76. The molecule has 100 valence electrons. The summed E-state index contributed by atoms with van der Waals surface area (Å²) in [6.45, 7) is 0. The van der Waals surface area contributed by atoms with Crippen molar-refractivity contribution in [2.45, 2.75) is 0 Å². The van der Waals surface area contributed by atoms with Crippen molar-refractivity contribution in [3.05, 3.63) is 57.0 Å². The number of hydrogen-bond donors (Lipinski definition) is 0. The average Bonchev–Trinajstić information content (AvgIpc) is 2.48. The first-order valence-corrected chi connectivity index (χ1v) is 6.82. The molecule has 0 spiro atoms. The lowest BCUT2D eigenvalue weighted by Gasteiger charge is -2.11. The second-order valence-electron chi connectivity index (χ2n) is 3.96. The summed E-state index contributed by atoms with van der Waals surface area (Å²) < 4.78 is 5.42. The molecule has 0 aliphatic carbocycles. The fourth-order valence-corrected chi connectivity index (χ4v) is 2.37. The molecule has 3 nitrogen and oxygen atoms in total. The van der Waals surface area contributed by atoms with Crippen LogP contribution >= 0.6 is 27.5 Å². The molecule has 0 aromatic heterocycles. The van der Waals surface area contributed by atoms with Gasteiger partial charge in [-0.3, -0.25) is 0 Å². The third-order valence-electron chi connectivity index (χ3n) is 2.80. The maximum atomic E-state index is 11.9. The van der Waals surface area contributed by atoms with Crippen LogP contribution in [-0.2, 0) is 4.74 Å². The van der Waals surface area contributed by atoms with E-state index < -0.39 is 5.97 Å². The molecule has 0 radical (unpaired) electrons. The molecule has 2 rings (SSSR count). The largest absolute Gasteiger partial charge is 0.465 e. The van der Waals surface area contributed by atoms with Crippen LogP contribution in [0.4, 0.5) is 0 Å². The van der Waals surface area contributed by atoms with Gasteiger partial charge in [0.25, 0.3) is 0 Å². The summed E-state index contributed by atoms with van der Waals surface area (Å²) in [5.74, 6) is -0.498. The van der Waals surface area contributed by atoms with Gasteiger partial charge in [-0.05, 0) is 39.7 Å². The van der Waals surface area contributed by atoms with Crippen LogP contribution in [0.5, 0.6) is 0 Å². The first-order valence-electron chi connectivity index (χ1n) is 5.65. The fourth-order valence-electron chi connectivity index (χ4n) is 1.86. The highest BCUT2D eigenvalue weighted by molar-refractivity contribution is 9.10. The summed E-state index contributed by atoms with van der Waals surface area (Å²) in [5.41, 5.74) is 2.06. The lowest BCUT2D eigenvalue weighted by atomic mass is 9.96. The highest BCUT2D eigenvalue weighted by atomic mass is 79.9. The molecule has 0 aliphatic rings. The van der Waals surface area contributed by atoms with E-state index in [-0.39, 0.29) is 0 Å². The van der Waals surface area contributed by atoms with Crippen LogP contribution in [0.3, 0.4) is 0 Å². The van der Waals surface area contributed by atoms with E-state index in [9.17, 15) is 10.1 Å². The molecule has 5 heteroatoms. The van der Waals surface area contributed by atoms with Gasteiger partial charge in [0.05, 0.1) is 29.3 Å². The standard InChI is InChI=1S/C15H9BrClNO2/c1-20-15(19)12-7-14(17)13(16)6-11(12)10-5-3-2-4-9(10)8-18/h2-7H,1H3. The van der Waals surface area contributed by atoms with Gasteiger partial charge in [-0.25, -0.2) is 4.79 Å². The van der Waals surface area contributed by atoms with E-state index in [2.05, 4.69) is 22.0 Å². The van der Waals surface area contributed by atoms with Gasteiger partial charge in [-0.1, -0.05) is 29.8 Å². The second kappa shape index (κ2) is 6.08. The fraction of sp³-hybridized carbons (Fsp3) is 0.0667. The first-order chi connectivity index (χ1) is 9.58. The van der Waals surface area contributed by atoms with Crippen LogP contribution in [0.25, 0.3) is 11.1 Å². The molecule has 0 atom stereocenters. The Hall–Kier alpha value is -1.83. The Kier molecular flexibility index (Phi) is 4.43. The Morgan fingerprint density at radius 2 is 2.00 bits per heavy atom. The summed E-state index contributed by atoms with van der Waals surface area (Å²) >= 11 is 9.36. The van der Waals surface area contributed by atoms with E-state index in [1.54, 1.807) is 30.3 Å². The number of halogens is 2. The van der Waals surface area contributed by atoms with Crippen molar-refractivity contribution in [2.24, 2.45) is 0 Å². The van der Waals surface area contributed by atoms with Crippen molar-refractivity contribution >= 4 is 33.5 Å². The quantitative estimate of drug-likeness (QED) is 0.753. The van der Waals surface area contributed by atoms with Gasteiger partial charge in [0.1, 0.15) is 0 Å². The summed E-state index contributed by atoms with van der Waals surface area (Å²) in [6, 6.07) is 12.4. The molecular weight excluding hydrogens is 342 g/mol. The minimum absolute atomic E-state index is 0.323. The predicted octanol–water partition coefficient (Wildman–Crippen LogP) is 4.43. The molecule has 0 bridgehead atoms. The molecule has 0 saturated heterocycles. The zero-order valence-corrected chi connectivity index (χ0v) is 12.8. The normalized spacial score (nSPS) is 9.90. The van der Waals surface area contributed by atoms with Gasteiger partial charge in [0.15, 0.2) is 0 Å². The van der Waals surface area contributed by atoms with Crippen molar-refractivity contribution < 1.29 is 9.53 Å². The number of rotatable bonds is 2. The molecule has 0 fully saturated rings. The Morgan fingerprint density at radius 1 is 1.30 bits per heavy atom. The average molecular weight is 351 g/mol. The smallest absolute Gasteiger partial charge is 0.338 e. The van der Waals surface area contributed by atoms with E-state index >= 15 is 0 Å².